The van der Waals surface area contributed by atoms with Crippen LogP contribution in [-0.4, -0.2) is 12.1 Å². The quantitative estimate of drug-likeness (QED) is 0.836. The lowest BCUT2D eigenvalue weighted by molar-refractivity contribution is -0.138. The SMILES string of the molecule is COc1cc(C#N)nc(Oc2c(Cl)cccc2C(F)(F)F)c1. The number of ether oxygens (including phenoxy) is 2. The van der Waals surface area contributed by atoms with Gasteiger partial charge in [-0.15, -0.1) is 0 Å². The van der Waals surface area contributed by atoms with Gasteiger partial charge in [0.1, 0.15) is 17.5 Å². The van der Waals surface area contributed by atoms with E-state index in [0.717, 1.165) is 12.1 Å². The first-order valence-electron chi connectivity index (χ1n) is 5.85. The van der Waals surface area contributed by atoms with Crippen molar-refractivity contribution in [3.05, 3.63) is 46.6 Å². The van der Waals surface area contributed by atoms with Crippen molar-refractivity contribution in [1.29, 1.82) is 5.26 Å². The molecule has 2 aromatic rings. The molecular weight excluding hydrogens is 321 g/mol. The molecule has 0 atom stereocenters. The number of para-hydroxylation sites is 1. The molecule has 0 aliphatic heterocycles. The molecule has 8 heteroatoms. The van der Waals surface area contributed by atoms with E-state index in [1.807, 2.05) is 0 Å². The summed E-state index contributed by atoms with van der Waals surface area (Å²) in [6, 6.07) is 7.60. The highest BCUT2D eigenvalue weighted by molar-refractivity contribution is 6.32. The fourth-order valence-electron chi connectivity index (χ4n) is 1.65. The summed E-state index contributed by atoms with van der Waals surface area (Å²) in [6.07, 6.45) is -4.64. The van der Waals surface area contributed by atoms with Crippen molar-refractivity contribution in [3.8, 4) is 23.4 Å². The zero-order valence-electron chi connectivity index (χ0n) is 11.1. The Hall–Kier alpha value is -2.46. The summed E-state index contributed by atoms with van der Waals surface area (Å²) in [5.41, 5.74) is -1.10. The van der Waals surface area contributed by atoms with Crippen molar-refractivity contribution in [2.24, 2.45) is 0 Å². The van der Waals surface area contributed by atoms with Gasteiger partial charge in [-0.2, -0.15) is 18.4 Å². The molecule has 1 aromatic carbocycles. The Balaban J connectivity index is 2.50. The number of nitrogens with zero attached hydrogens (tertiary/aromatic N) is 2. The van der Waals surface area contributed by atoms with Crippen LogP contribution >= 0.6 is 11.6 Å². The molecule has 1 heterocycles. The van der Waals surface area contributed by atoms with E-state index in [9.17, 15) is 13.2 Å². The molecular formula is C14H8ClF3N2O2. The predicted molar refractivity (Wildman–Crippen MR) is 72.0 cm³/mol. The van der Waals surface area contributed by atoms with Gasteiger partial charge in [-0.3, -0.25) is 0 Å². The molecule has 0 fully saturated rings. The van der Waals surface area contributed by atoms with Gasteiger partial charge in [-0.1, -0.05) is 17.7 Å². The van der Waals surface area contributed by atoms with E-state index >= 15 is 0 Å². The Labute approximate surface area is 128 Å². The van der Waals surface area contributed by atoms with Gasteiger partial charge in [0.25, 0.3) is 0 Å². The topological polar surface area (TPSA) is 55.1 Å². The van der Waals surface area contributed by atoms with Gasteiger partial charge in [0.2, 0.25) is 5.88 Å². The molecule has 2 rings (SSSR count). The van der Waals surface area contributed by atoms with Crippen molar-refractivity contribution < 1.29 is 22.6 Å². The Morgan fingerprint density at radius 1 is 1.27 bits per heavy atom. The molecule has 0 spiro atoms. The fraction of sp³-hybridized carbons (Fsp3) is 0.143. The smallest absolute Gasteiger partial charge is 0.420 e. The highest BCUT2D eigenvalue weighted by Gasteiger charge is 2.35. The molecule has 0 saturated heterocycles. The largest absolute Gasteiger partial charge is 0.496 e. The van der Waals surface area contributed by atoms with Crippen LogP contribution < -0.4 is 9.47 Å². The molecule has 4 nitrogen and oxygen atoms in total. The third-order valence-corrected chi connectivity index (χ3v) is 2.90. The summed E-state index contributed by atoms with van der Waals surface area (Å²) >= 11 is 5.78. The van der Waals surface area contributed by atoms with E-state index in [1.165, 1.54) is 25.3 Å². The second-order valence-electron chi connectivity index (χ2n) is 4.06. The summed E-state index contributed by atoms with van der Waals surface area (Å²) in [6.45, 7) is 0. The molecule has 0 bridgehead atoms. The van der Waals surface area contributed by atoms with Gasteiger partial charge in [0.15, 0.2) is 5.75 Å². The first-order valence-corrected chi connectivity index (χ1v) is 6.22. The Kier molecular flexibility index (Phi) is 4.43. The van der Waals surface area contributed by atoms with E-state index in [2.05, 4.69) is 4.98 Å². The first kappa shape index (κ1) is 15.9. The average molecular weight is 329 g/mol. The van der Waals surface area contributed by atoms with E-state index in [-0.39, 0.29) is 22.3 Å². The van der Waals surface area contributed by atoms with E-state index in [1.54, 1.807) is 6.07 Å². The zero-order valence-corrected chi connectivity index (χ0v) is 11.9. The number of pyridine rings is 1. The van der Waals surface area contributed by atoms with Crippen molar-refractivity contribution in [1.82, 2.24) is 4.98 Å². The van der Waals surface area contributed by atoms with Crippen LogP contribution in [-0.2, 0) is 6.18 Å². The molecule has 22 heavy (non-hydrogen) atoms. The van der Waals surface area contributed by atoms with Gasteiger partial charge in [0, 0.05) is 12.1 Å². The van der Waals surface area contributed by atoms with Crippen LogP contribution in [0.2, 0.25) is 5.02 Å². The van der Waals surface area contributed by atoms with E-state index < -0.39 is 17.5 Å². The van der Waals surface area contributed by atoms with Gasteiger partial charge in [0.05, 0.1) is 17.7 Å². The molecule has 1 aromatic heterocycles. The van der Waals surface area contributed by atoms with E-state index in [4.69, 9.17) is 26.3 Å². The molecule has 0 amide bonds. The Morgan fingerprint density at radius 2 is 2.00 bits per heavy atom. The van der Waals surface area contributed by atoms with Crippen LogP contribution in [0, 0.1) is 11.3 Å². The molecule has 0 unspecified atom stereocenters. The number of methoxy groups -OCH3 is 1. The number of halogens is 4. The molecule has 0 aliphatic carbocycles. The van der Waals surface area contributed by atoms with Crippen LogP contribution in [0.4, 0.5) is 13.2 Å². The Bertz CT molecular complexity index is 742. The van der Waals surface area contributed by atoms with Crippen LogP contribution in [0.15, 0.2) is 30.3 Å². The number of nitriles is 1. The van der Waals surface area contributed by atoms with Crippen LogP contribution in [0.3, 0.4) is 0 Å². The summed E-state index contributed by atoms with van der Waals surface area (Å²) in [5, 5.41) is 8.63. The lowest BCUT2D eigenvalue weighted by Crippen LogP contribution is -2.07. The highest BCUT2D eigenvalue weighted by Crippen LogP contribution is 2.42. The number of hydrogen-bond acceptors (Lipinski definition) is 4. The lowest BCUT2D eigenvalue weighted by atomic mass is 10.2. The van der Waals surface area contributed by atoms with Gasteiger partial charge in [-0.25, -0.2) is 4.98 Å². The number of hydrogen-bond donors (Lipinski definition) is 0. The maximum atomic E-state index is 13.0. The number of alkyl halides is 3. The second-order valence-corrected chi connectivity index (χ2v) is 4.47. The van der Waals surface area contributed by atoms with E-state index in [0.29, 0.717) is 0 Å². The minimum atomic E-state index is -4.64. The number of benzene rings is 1. The molecule has 0 saturated carbocycles. The molecule has 114 valence electrons. The maximum Gasteiger partial charge on any atom is 0.420 e. The second kappa shape index (κ2) is 6.12. The Morgan fingerprint density at radius 3 is 2.59 bits per heavy atom. The summed E-state index contributed by atoms with van der Waals surface area (Å²) in [7, 11) is 1.34. The first-order chi connectivity index (χ1) is 10.3. The molecule has 0 aliphatic rings. The van der Waals surface area contributed by atoms with Crippen molar-refractivity contribution >= 4 is 11.6 Å². The van der Waals surface area contributed by atoms with Gasteiger partial charge in [-0.05, 0) is 12.1 Å². The number of rotatable bonds is 3. The van der Waals surface area contributed by atoms with Gasteiger partial charge >= 0.3 is 6.18 Å². The van der Waals surface area contributed by atoms with Crippen LogP contribution in [0.5, 0.6) is 17.4 Å². The third-order valence-electron chi connectivity index (χ3n) is 2.60. The van der Waals surface area contributed by atoms with Gasteiger partial charge < -0.3 is 9.47 Å². The third kappa shape index (κ3) is 3.40. The summed E-state index contributed by atoms with van der Waals surface area (Å²) < 4.78 is 49.1. The maximum absolute atomic E-state index is 13.0. The highest BCUT2D eigenvalue weighted by atomic mass is 35.5. The summed E-state index contributed by atoms with van der Waals surface area (Å²) in [4.78, 5) is 3.77. The zero-order chi connectivity index (χ0) is 16.3. The van der Waals surface area contributed by atoms with Crippen LogP contribution in [0.25, 0.3) is 0 Å². The summed E-state index contributed by atoms with van der Waals surface area (Å²) in [5.74, 6) is -0.585. The van der Waals surface area contributed by atoms with Crippen molar-refractivity contribution in [2.75, 3.05) is 7.11 Å². The normalized spacial score (nSPS) is 10.9. The molecule has 0 radical (unpaired) electrons. The average Bonchev–Trinajstić information content (AvgIpc) is 2.47. The minimum absolute atomic E-state index is 0.0602. The van der Waals surface area contributed by atoms with Crippen molar-refractivity contribution in [3.63, 3.8) is 0 Å². The monoisotopic (exact) mass is 328 g/mol. The van der Waals surface area contributed by atoms with Crippen molar-refractivity contribution in [2.45, 2.75) is 6.18 Å². The number of aromatic nitrogens is 1. The fourth-order valence-corrected chi connectivity index (χ4v) is 1.86. The van der Waals surface area contributed by atoms with Crippen LogP contribution in [0.1, 0.15) is 11.3 Å². The molecule has 0 N–H and O–H groups in total. The standard InChI is InChI=1S/C14H8ClF3N2O2/c1-21-9-5-8(7-19)20-12(6-9)22-13-10(14(16,17)18)3-2-4-11(13)15/h2-6H,1H3. The predicted octanol–water partition coefficient (Wildman–Crippen LogP) is 4.43. The lowest BCUT2D eigenvalue weighted by Gasteiger charge is -2.14. The minimum Gasteiger partial charge on any atom is -0.496 e.